The Kier molecular flexibility index (Phi) is 5.16. The Morgan fingerprint density at radius 3 is 2.38 bits per heavy atom. The van der Waals surface area contributed by atoms with Crippen molar-refractivity contribution in [1.82, 2.24) is 5.43 Å². The molecule has 1 saturated carbocycles. The number of nitrogens with one attached hydrogen (secondary N) is 1. The molecule has 1 N–H and O–H groups in total. The standard InChI is InChI=1S/C18H26N2O/c1-18(2,3)15-9-11-16(12-10-15)19-20-17(21)13-14-7-5-4-6-8-14/h4-8,15H,9-13H2,1-3H3,(H,20,21). The summed E-state index contributed by atoms with van der Waals surface area (Å²) in [6.07, 6.45) is 4.76. The summed E-state index contributed by atoms with van der Waals surface area (Å²) in [6, 6.07) is 9.77. The van der Waals surface area contributed by atoms with E-state index in [0.717, 1.165) is 30.0 Å². The third-order valence-corrected chi connectivity index (χ3v) is 4.33. The number of benzene rings is 1. The van der Waals surface area contributed by atoms with Crippen LogP contribution in [0.4, 0.5) is 0 Å². The Morgan fingerprint density at radius 2 is 1.81 bits per heavy atom. The highest BCUT2D eigenvalue weighted by Crippen LogP contribution is 2.36. The van der Waals surface area contributed by atoms with Crippen molar-refractivity contribution in [2.45, 2.75) is 52.9 Å². The molecule has 1 aromatic rings. The minimum absolute atomic E-state index is 0.0355. The highest BCUT2D eigenvalue weighted by molar-refractivity contribution is 5.87. The van der Waals surface area contributed by atoms with Crippen molar-refractivity contribution in [3.8, 4) is 0 Å². The summed E-state index contributed by atoms with van der Waals surface area (Å²) >= 11 is 0. The van der Waals surface area contributed by atoms with Gasteiger partial charge in [0.2, 0.25) is 5.91 Å². The lowest BCUT2D eigenvalue weighted by molar-refractivity contribution is -0.120. The molecule has 21 heavy (non-hydrogen) atoms. The van der Waals surface area contributed by atoms with Gasteiger partial charge in [0.15, 0.2) is 0 Å². The van der Waals surface area contributed by atoms with Crippen molar-refractivity contribution in [1.29, 1.82) is 0 Å². The fourth-order valence-electron chi connectivity index (χ4n) is 2.89. The van der Waals surface area contributed by atoms with Crippen LogP contribution in [-0.2, 0) is 11.2 Å². The summed E-state index contributed by atoms with van der Waals surface area (Å²) in [4.78, 5) is 11.9. The van der Waals surface area contributed by atoms with Gasteiger partial charge in [-0.1, -0.05) is 51.1 Å². The Morgan fingerprint density at radius 1 is 1.19 bits per heavy atom. The number of carbonyl (C=O) groups is 1. The summed E-state index contributed by atoms with van der Waals surface area (Å²) < 4.78 is 0. The van der Waals surface area contributed by atoms with Crippen LogP contribution in [0.25, 0.3) is 0 Å². The van der Waals surface area contributed by atoms with Gasteiger partial charge in [0.05, 0.1) is 6.42 Å². The summed E-state index contributed by atoms with van der Waals surface area (Å²) in [5, 5.41) is 4.31. The van der Waals surface area contributed by atoms with Crippen molar-refractivity contribution >= 4 is 11.6 Å². The molecule has 1 fully saturated rings. The van der Waals surface area contributed by atoms with Crippen molar-refractivity contribution in [2.75, 3.05) is 0 Å². The molecule has 0 atom stereocenters. The average molecular weight is 286 g/mol. The molecule has 0 aliphatic heterocycles. The second kappa shape index (κ2) is 6.88. The van der Waals surface area contributed by atoms with E-state index in [-0.39, 0.29) is 5.91 Å². The number of hydrogen-bond acceptors (Lipinski definition) is 2. The largest absolute Gasteiger partial charge is 0.273 e. The first-order valence-electron chi connectivity index (χ1n) is 7.83. The summed E-state index contributed by atoms with van der Waals surface area (Å²) in [6.45, 7) is 6.92. The zero-order chi connectivity index (χ0) is 15.3. The van der Waals surface area contributed by atoms with Crippen LogP contribution in [0.15, 0.2) is 35.4 Å². The first-order chi connectivity index (χ1) is 9.95. The quantitative estimate of drug-likeness (QED) is 0.840. The van der Waals surface area contributed by atoms with Crippen molar-refractivity contribution < 1.29 is 4.79 Å². The fourth-order valence-corrected chi connectivity index (χ4v) is 2.89. The van der Waals surface area contributed by atoms with Crippen LogP contribution in [0, 0.1) is 11.3 Å². The Labute approximate surface area is 127 Å². The summed E-state index contributed by atoms with van der Waals surface area (Å²) in [7, 11) is 0. The fraction of sp³-hybridized carbons (Fsp3) is 0.556. The van der Waals surface area contributed by atoms with E-state index in [1.165, 1.54) is 12.8 Å². The number of hydrogen-bond donors (Lipinski definition) is 1. The van der Waals surface area contributed by atoms with Gasteiger partial charge in [0.1, 0.15) is 0 Å². The predicted octanol–water partition coefficient (Wildman–Crippen LogP) is 3.94. The lowest BCUT2D eigenvalue weighted by atomic mass is 9.72. The maximum atomic E-state index is 11.9. The number of amides is 1. The molecule has 0 spiro atoms. The Balaban J connectivity index is 1.79. The monoisotopic (exact) mass is 286 g/mol. The SMILES string of the molecule is CC(C)(C)C1CCC(=NNC(=O)Cc2ccccc2)CC1. The van der Waals surface area contributed by atoms with E-state index in [0.29, 0.717) is 11.8 Å². The molecule has 0 bridgehead atoms. The zero-order valence-corrected chi connectivity index (χ0v) is 13.4. The minimum Gasteiger partial charge on any atom is -0.273 e. The number of hydrazone groups is 1. The number of rotatable bonds is 3. The molecule has 1 aliphatic rings. The van der Waals surface area contributed by atoms with Crippen LogP contribution in [0.5, 0.6) is 0 Å². The van der Waals surface area contributed by atoms with Crippen molar-refractivity contribution in [3.63, 3.8) is 0 Å². The van der Waals surface area contributed by atoms with Gasteiger partial charge in [-0.2, -0.15) is 5.10 Å². The topological polar surface area (TPSA) is 41.5 Å². The van der Waals surface area contributed by atoms with Gasteiger partial charge >= 0.3 is 0 Å². The molecule has 2 rings (SSSR count). The first-order valence-corrected chi connectivity index (χ1v) is 7.83. The molecule has 3 nitrogen and oxygen atoms in total. The van der Waals surface area contributed by atoms with Crippen LogP contribution in [0.3, 0.4) is 0 Å². The highest BCUT2D eigenvalue weighted by atomic mass is 16.2. The van der Waals surface area contributed by atoms with Gasteiger partial charge in [0.25, 0.3) is 0 Å². The predicted molar refractivity (Wildman–Crippen MR) is 87.1 cm³/mol. The second-order valence-electron chi connectivity index (χ2n) is 7.02. The molecule has 1 aromatic carbocycles. The van der Waals surface area contributed by atoms with Gasteiger partial charge in [0, 0.05) is 5.71 Å². The zero-order valence-electron chi connectivity index (χ0n) is 13.4. The molecule has 0 saturated heterocycles. The highest BCUT2D eigenvalue weighted by Gasteiger charge is 2.28. The van der Waals surface area contributed by atoms with Crippen molar-refractivity contribution in [3.05, 3.63) is 35.9 Å². The molecule has 3 heteroatoms. The van der Waals surface area contributed by atoms with E-state index in [4.69, 9.17) is 0 Å². The van der Waals surface area contributed by atoms with Gasteiger partial charge in [-0.3, -0.25) is 4.79 Å². The van der Waals surface area contributed by atoms with Crippen molar-refractivity contribution in [2.24, 2.45) is 16.4 Å². The summed E-state index contributed by atoms with van der Waals surface area (Å²) in [5.41, 5.74) is 5.24. The van der Waals surface area contributed by atoms with Gasteiger partial charge in [-0.15, -0.1) is 0 Å². The first kappa shape index (κ1) is 15.7. The lowest BCUT2D eigenvalue weighted by Crippen LogP contribution is -2.28. The molecular formula is C18H26N2O. The maximum Gasteiger partial charge on any atom is 0.244 e. The van der Waals surface area contributed by atoms with Gasteiger partial charge in [-0.25, -0.2) is 5.43 Å². The van der Waals surface area contributed by atoms with E-state index in [9.17, 15) is 4.79 Å². The van der Waals surface area contributed by atoms with Crippen LogP contribution >= 0.6 is 0 Å². The third-order valence-electron chi connectivity index (χ3n) is 4.33. The minimum atomic E-state index is -0.0355. The molecule has 0 heterocycles. The number of nitrogens with zero attached hydrogens (tertiary/aromatic N) is 1. The molecule has 1 aliphatic carbocycles. The van der Waals surface area contributed by atoms with Gasteiger partial charge in [-0.05, 0) is 42.6 Å². The average Bonchev–Trinajstić information content (AvgIpc) is 2.46. The van der Waals surface area contributed by atoms with E-state index < -0.39 is 0 Å². The molecule has 1 amide bonds. The van der Waals surface area contributed by atoms with Crippen LogP contribution in [0.2, 0.25) is 0 Å². The van der Waals surface area contributed by atoms with E-state index in [1.807, 2.05) is 30.3 Å². The third kappa shape index (κ3) is 5.00. The second-order valence-corrected chi connectivity index (χ2v) is 7.02. The van der Waals surface area contributed by atoms with Crippen LogP contribution in [-0.4, -0.2) is 11.6 Å². The van der Waals surface area contributed by atoms with E-state index >= 15 is 0 Å². The van der Waals surface area contributed by atoms with E-state index in [1.54, 1.807) is 0 Å². The molecular weight excluding hydrogens is 260 g/mol. The smallest absolute Gasteiger partial charge is 0.244 e. The Bertz CT molecular complexity index is 490. The summed E-state index contributed by atoms with van der Waals surface area (Å²) in [5.74, 6) is 0.725. The lowest BCUT2D eigenvalue weighted by Gasteiger charge is -2.34. The molecule has 114 valence electrons. The number of carbonyl (C=O) groups excluding carboxylic acids is 1. The Hall–Kier alpha value is -1.64. The molecule has 0 aromatic heterocycles. The normalized spacial score (nSPS) is 19.2. The van der Waals surface area contributed by atoms with Crippen LogP contribution < -0.4 is 5.43 Å². The van der Waals surface area contributed by atoms with Gasteiger partial charge < -0.3 is 0 Å². The van der Waals surface area contributed by atoms with Crippen LogP contribution in [0.1, 0.15) is 52.0 Å². The molecule has 0 unspecified atom stereocenters. The molecule has 0 radical (unpaired) electrons. The maximum absolute atomic E-state index is 11.9. The van der Waals surface area contributed by atoms with E-state index in [2.05, 4.69) is 31.3 Å².